The van der Waals surface area contributed by atoms with E-state index in [0.29, 0.717) is 26.2 Å². The maximum absolute atomic E-state index is 13.2. The molecule has 3 fully saturated rings. The fourth-order valence-electron chi connectivity index (χ4n) is 6.58. The van der Waals surface area contributed by atoms with Crippen LogP contribution in [0.4, 0.5) is 23.9 Å². The largest absolute Gasteiger partial charge is 0.419 e. The number of likely N-dealkylation sites (tertiary alicyclic amines) is 1. The second-order valence-electron chi connectivity index (χ2n) is 12.0. The third-order valence-corrected chi connectivity index (χ3v) is 8.76. The lowest BCUT2D eigenvalue weighted by Gasteiger charge is -2.64. The number of aromatic nitrogens is 2. The minimum atomic E-state index is -4.51. The number of urea groups is 1. The van der Waals surface area contributed by atoms with Crippen LogP contribution < -0.4 is 37.5 Å². The molecule has 2 amide bonds. The van der Waals surface area contributed by atoms with Crippen LogP contribution in [0.15, 0.2) is 12.4 Å². The van der Waals surface area contributed by atoms with Crippen molar-refractivity contribution in [2.24, 2.45) is 5.41 Å². The molecule has 14 radical (unpaired) electrons. The number of amides is 2. The number of anilines is 1. The number of alkyl halides is 3. The van der Waals surface area contributed by atoms with Gasteiger partial charge in [-0.2, -0.15) is 13.2 Å². The first kappa shape index (κ1) is 31.0. The average molecular weight is 557 g/mol. The standard InChI is InChI=1S/C25H24B7F3N6O/c1-11-7-39(21-36-5-13(6-37-21)25(33,34)35)8-12(2)41(11)22(42)38-14-3-23(4-14)9-40(10-23)24(31,32)15-16(26)18(28)20(30)19(29)17(15)27/h5-6,11-12,14H,3-4,7-10H2,1-2H3,(H,38,42)/t11-,12+. The monoisotopic (exact) mass is 558 g/mol. The van der Waals surface area contributed by atoms with Crippen LogP contribution in [-0.2, 0) is 11.5 Å². The lowest BCUT2D eigenvalue weighted by Crippen LogP contribution is -2.73. The van der Waals surface area contributed by atoms with E-state index < -0.39 is 17.1 Å². The van der Waals surface area contributed by atoms with Gasteiger partial charge in [0.15, 0.2) is 0 Å². The van der Waals surface area contributed by atoms with E-state index in [1.807, 2.05) is 18.7 Å². The summed E-state index contributed by atoms with van der Waals surface area (Å²) in [5.41, 5.74) is -0.310. The van der Waals surface area contributed by atoms with E-state index in [2.05, 4.69) is 15.3 Å². The normalized spacial score (nSPS) is 23.0. The molecule has 0 unspecified atom stereocenters. The Balaban J connectivity index is 1.15. The molecule has 2 saturated heterocycles. The number of carbonyl (C=O) groups is 1. The van der Waals surface area contributed by atoms with Crippen molar-refractivity contribution >= 4 is 94.2 Å². The summed E-state index contributed by atoms with van der Waals surface area (Å²) in [5, 5.41) is 1.60. The van der Waals surface area contributed by atoms with Gasteiger partial charge < -0.3 is 20.0 Å². The van der Waals surface area contributed by atoms with E-state index in [9.17, 15) is 18.0 Å². The Kier molecular flexibility index (Phi) is 7.85. The van der Waals surface area contributed by atoms with E-state index in [-0.39, 0.29) is 68.4 Å². The molecule has 7 nitrogen and oxygen atoms in total. The Morgan fingerprint density at radius 3 is 1.86 bits per heavy atom. The highest BCUT2D eigenvalue weighted by molar-refractivity contribution is 6.68. The van der Waals surface area contributed by atoms with Crippen molar-refractivity contribution < 1.29 is 18.0 Å². The topological polar surface area (TPSA) is 64.6 Å². The molecule has 1 aliphatic carbocycles. The third-order valence-electron chi connectivity index (χ3n) is 8.76. The van der Waals surface area contributed by atoms with Gasteiger partial charge in [-0.3, -0.25) is 0 Å². The van der Waals surface area contributed by atoms with Crippen molar-refractivity contribution in [1.82, 2.24) is 25.1 Å². The maximum atomic E-state index is 13.2. The van der Waals surface area contributed by atoms with Gasteiger partial charge in [-0.25, -0.2) is 14.8 Å². The maximum Gasteiger partial charge on any atom is 0.419 e. The average Bonchev–Trinajstić information content (AvgIpc) is 2.85. The second-order valence-corrected chi connectivity index (χ2v) is 12.0. The lowest BCUT2D eigenvalue weighted by atomic mass is 9.46. The van der Waals surface area contributed by atoms with Crippen LogP contribution in [0.2, 0.25) is 0 Å². The van der Waals surface area contributed by atoms with Gasteiger partial charge >= 0.3 is 12.2 Å². The zero-order valence-corrected chi connectivity index (χ0v) is 23.4. The van der Waals surface area contributed by atoms with E-state index in [1.54, 1.807) is 9.80 Å². The Morgan fingerprint density at radius 2 is 1.38 bits per heavy atom. The summed E-state index contributed by atoms with van der Waals surface area (Å²) in [7, 11) is 43.2. The number of piperazine rings is 1. The van der Waals surface area contributed by atoms with Gasteiger partial charge in [0.1, 0.15) is 39.2 Å². The predicted molar refractivity (Wildman–Crippen MR) is 162 cm³/mol. The van der Waals surface area contributed by atoms with Gasteiger partial charge in [0.25, 0.3) is 0 Å². The summed E-state index contributed by atoms with van der Waals surface area (Å²) in [5.74, 6) is 0.195. The number of benzene rings is 1. The fourth-order valence-corrected chi connectivity index (χ4v) is 6.58. The number of nitrogens with one attached hydrogen (secondary N) is 1. The van der Waals surface area contributed by atoms with Crippen LogP contribution in [0.25, 0.3) is 0 Å². The zero-order chi connectivity index (χ0) is 30.9. The number of hydrogen-bond acceptors (Lipinski definition) is 5. The zero-order valence-electron chi connectivity index (χ0n) is 23.4. The molecule has 1 spiro atoms. The smallest absolute Gasteiger partial charge is 0.337 e. The first-order valence-electron chi connectivity index (χ1n) is 13.5. The quantitative estimate of drug-likeness (QED) is 0.400. The predicted octanol–water partition coefficient (Wildman–Crippen LogP) is -3.32. The molecule has 0 bridgehead atoms. The van der Waals surface area contributed by atoms with Gasteiger partial charge in [-0.1, -0.05) is 5.56 Å². The minimum Gasteiger partial charge on any atom is -0.337 e. The molecule has 1 aromatic carbocycles. The van der Waals surface area contributed by atoms with Gasteiger partial charge in [-0.05, 0) is 37.4 Å². The SMILES string of the molecule is [B]c1c([B])c([B])c(C([B])([B])N2CC3(CC(NC(=O)N4[C@H](C)CN(c5ncc(C(F)(F)F)cn5)C[C@@H]4C)C3)C2)c([B])c1[B]. The van der Waals surface area contributed by atoms with Crippen molar-refractivity contribution in [1.29, 1.82) is 0 Å². The van der Waals surface area contributed by atoms with Crippen molar-refractivity contribution in [2.45, 2.75) is 56.3 Å². The summed E-state index contributed by atoms with van der Waals surface area (Å²) >= 11 is 0. The molecule has 202 valence electrons. The molecule has 3 heterocycles. The molecule has 2 aliphatic heterocycles. The highest BCUT2D eigenvalue weighted by atomic mass is 19.4. The van der Waals surface area contributed by atoms with Gasteiger partial charge in [0, 0.05) is 56.7 Å². The molecule has 1 saturated carbocycles. The molecule has 5 rings (SSSR count). The fraction of sp³-hybridized carbons (Fsp3) is 0.560. The highest BCUT2D eigenvalue weighted by Crippen LogP contribution is 2.50. The minimum absolute atomic E-state index is 0.0294. The molecule has 1 N–H and O–H groups in total. The van der Waals surface area contributed by atoms with Crippen LogP contribution in [0.1, 0.15) is 37.8 Å². The summed E-state index contributed by atoms with van der Waals surface area (Å²) in [6.07, 6.45) is -1.48. The summed E-state index contributed by atoms with van der Waals surface area (Å²) in [6.45, 7) is 5.66. The van der Waals surface area contributed by atoms with Crippen LogP contribution in [0.3, 0.4) is 0 Å². The van der Waals surface area contributed by atoms with Crippen LogP contribution in [-0.4, -0.2) is 125 Å². The van der Waals surface area contributed by atoms with Gasteiger partial charge in [-0.15, -0.1) is 27.3 Å². The van der Waals surface area contributed by atoms with Crippen molar-refractivity contribution in [3.05, 3.63) is 23.5 Å². The molecule has 3 aliphatic rings. The molecule has 2 aromatic rings. The number of rotatable bonds is 4. The lowest BCUT2D eigenvalue weighted by molar-refractivity contribution is -0.138. The summed E-state index contributed by atoms with van der Waals surface area (Å²) in [6, 6.07) is -0.671. The van der Waals surface area contributed by atoms with Gasteiger partial charge in [0.05, 0.1) is 21.3 Å². The Bertz CT molecular complexity index is 1340. The molecule has 2 atom stereocenters. The molecular weight excluding hydrogens is 533 g/mol. The summed E-state index contributed by atoms with van der Waals surface area (Å²) in [4.78, 5) is 26.4. The van der Waals surface area contributed by atoms with E-state index in [0.717, 1.165) is 25.2 Å². The first-order valence-corrected chi connectivity index (χ1v) is 13.5. The van der Waals surface area contributed by atoms with E-state index in [1.165, 1.54) is 0 Å². The number of nitrogens with zero attached hydrogens (tertiary/aromatic N) is 5. The molecule has 42 heavy (non-hydrogen) atoms. The number of carbonyl (C=O) groups excluding carboxylic acids is 1. The number of hydrogen-bond donors (Lipinski definition) is 1. The number of halogens is 3. The van der Waals surface area contributed by atoms with E-state index in [4.69, 9.17) is 54.9 Å². The summed E-state index contributed by atoms with van der Waals surface area (Å²) < 4.78 is 38.6. The van der Waals surface area contributed by atoms with Crippen molar-refractivity contribution in [2.75, 3.05) is 31.1 Å². The molecular formula is C25H24B7F3N6O. The van der Waals surface area contributed by atoms with Crippen molar-refractivity contribution in [3.8, 4) is 0 Å². The third kappa shape index (κ3) is 5.28. The Labute approximate surface area is 253 Å². The van der Waals surface area contributed by atoms with Crippen LogP contribution >= 0.6 is 0 Å². The van der Waals surface area contributed by atoms with E-state index >= 15 is 0 Å². The first-order chi connectivity index (χ1) is 19.4. The molecule has 1 aromatic heterocycles. The van der Waals surface area contributed by atoms with Crippen molar-refractivity contribution in [3.63, 3.8) is 0 Å². The highest BCUT2D eigenvalue weighted by Gasteiger charge is 2.56. The second kappa shape index (κ2) is 10.6. The van der Waals surface area contributed by atoms with Gasteiger partial charge in [0.2, 0.25) is 5.95 Å². The molecule has 17 heteroatoms. The Morgan fingerprint density at radius 1 is 0.905 bits per heavy atom. The Hall–Kier alpha value is -2.43. The van der Waals surface area contributed by atoms with Crippen LogP contribution in [0, 0.1) is 5.41 Å². The van der Waals surface area contributed by atoms with Crippen LogP contribution in [0.5, 0.6) is 0 Å².